The number of likely N-dealkylation sites (N-methyl/N-ethyl adjacent to an activating group) is 1. The summed E-state index contributed by atoms with van der Waals surface area (Å²) < 4.78 is 0. The molecule has 0 aliphatic heterocycles. The van der Waals surface area contributed by atoms with Crippen molar-refractivity contribution >= 4 is 35.3 Å². The van der Waals surface area contributed by atoms with Gasteiger partial charge in [-0.1, -0.05) is 17.7 Å². The van der Waals surface area contributed by atoms with E-state index in [0.29, 0.717) is 24.5 Å². The van der Waals surface area contributed by atoms with Crippen LogP contribution in [0.3, 0.4) is 0 Å². The summed E-state index contributed by atoms with van der Waals surface area (Å²) >= 11 is 7.46. The number of pyridine rings is 1. The van der Waals surface area contributed by atoms with Crippen LogP contribution in [-0.4, -0.2) is 54.3 Å². The summed E-state index contributed by atoms with van der Waals surface area (Å²) in [5.41, 5.74) is 0.932. The molecule has 0 bridgehead atoms. The smallest absolute Gasteiger partial charge is 0.315 e. The second-order valence-electron chi connectivity index (χ2n) is 5.80. The number of amides is 3. The molecule has 0 radical (unpaired) electrons. The number of urea groups is 1. The Morgan fingerprint density at radius 3 is 2.63 bits per heavy atom. The number of carbonyl (C=O) groups excluding carboxylic acids is 2. The van der Waals surface area contributed by atoms with Crippen molar-refractivity contribution < 1.29 is 9.59 Å². The number of nitrogens with one attached hydrogen (secondary N) is 2. The fourth-order valence-corrected chi connectivity index (χ4v) is 3.06. The third-order valence-electron chi connectivity index (χ3n) is 3.73. The largest absolute Gasteiger partial charge is 0.344 e. The maximum atomic E-state index is 12.1. The number of hydrogen-bond donors (Lipinski definition) is 2. The summed E-state index contributed by atoms with van der Waals surface area (Å²) in [6.07, 6.45) is 2.41. The van der Waals surface area contributed by atoms with Crippen molar-refractivity contribution in [1.82, 2.24) is 20.5 Å². The van der Waals surface area contributed by atoms with Crippen LogP contribution in [-0.2, 0) is 11.2 Å². The molecule has 0 unspecified atom stereocenters. The Labute approximate surface area is 168 Å². The van der Waals surface area contributed by atoms with Gasteiger partial charge in [0.15, 0.2) is 0 Å². The molecule has 0 aliphatic rings. The van der Waals surface area contributed by atoms with Gasteiger partial charge in [0.25, 0.3) is 0 Å². The number of nitrogens with zero attached hydrogens (tertiary/aromatic N) is 2. The molecule has 1 aromatic carbocycles. The molecule has 0 saturated carbocycles. The molecule has 0 atom stereocenters. The number of halogens is 1. The van der Waals surface area contributed by atoms with E-state index in [1.807, 2.05) is 42.5 Å². The van der Waals surface area contributed by atoms with Crippen LogP contribution in [0.15, 0.2) is 53.6 Å². The lowest BCUT2D eigenvalue weighted by Gasteiger charge is -2.17. The monoisotopic (exact) mass is 406 g/mol. The molecular formula is C19H23ClN4O2S. The minimum atomic E-state index is -0.349. The third-order valence-corrected chi connectivity index (χ3v) is 4.99. The van der Waals surface area contributed by atoms with E-state index < -0.39 is 0 Å². The zero-order chi connectivity index (χ0) is 19.5. The summed E-state index contributed by atoms with van der Waals surface area (Å²) in [5.74, 6) is 0.587. The highest BCUT2D eigenvalue weighted by Crippen LogP contribution is 2.19. The Kier molecular flexibility index (Phi) is 8.94. The summed E-state index contributed by atoms with van der Waals surface area (Å²) in [5, 5.41) is 6.02. The van der Waals surface area contributed by atoms with Crippen molar-refractivity contribution in [2.75, 3.05) is 32.4 Å². The number of carbonyl (C=O) groups is 2. The van der Waals surface area contributed by atoms with E-state index in [1.165, 1.54) is 0 Å². The van der Waals surface area contributed by atoms with Crippen LogP contribution in [0.25, 0.3) is 0 Å². The summed E-state index contributed by atoms with van der Waals surface area (Å²) in [4.78, 5) is 30.7. The minimum Gasteiger partial charge on any atom is -0.344 e. The molecule has 2 N–H and O–H groups in total. The molecule has 0 saturated heterocycles. The molecular weight excluding hydrogens is 384 g/mol. The molecule has 1 aromatic heterocycles. The zero-order valence-electron chi connectivity index (χ0n) is 15.2. The first-order valence-corrected chi connectivity index (χ1v) is 9.95. The van der Waals surface area contributed by atoms with E-state index in [1.54, 1.807) is 29.9 Å². The Hall–Kier alpha value is -2.25. The van der Waals surface area contributed by atoms with E-state index in [9.17, 15) is 9.59 Å². The molecule has 0 spiro atoms. The molecule has 144 valence electrons. The first-order valence-electron chi connectivity index (χ1n) is 8.58. The van der Waals surface area contributed by atoms with Crippen molar-refractivity contribution in [3.63, 3.8) is 0 Å². The average Bonchev–Trinajstić information content (AvgIpc) is 2.69. The number of benzene rings is 1. The quantitative estimate of drug-likeness (QED) is 0.496. The van der Waals surface area contributed by atoms with Gasteiger partial charge in [-0.25, -0.2) is 4.79 Å². The first kappa shape index (κ1) is 21.1. The van der Waals surface area contributed by atoms with Gasteiger partial charge in [0.05, 0.1) is 6.54 Å². The Morgan fingerprint density at radius 1 is 1.15 bits per heavy atom. The number of thioether (sulfide) groups is 1. The first-order chi connectivity index (χ1) is 13.0. The highest BCUT2D eigenvalue weighted by Gasteiger charge is 2.10. The highest BCUT2D eigenvalue weighted by molar-refractivity contribution is 7.99. The maximum absolute atomic E-state index is 12.1. The Balaban J connectivity index is 1.57. The van der Waals surface area contributed by atoms with Crippen LogP contribution in [0.4, 0.5) is 4.79 Å². The number of rotatable bonds is 9. The van der Waals surface area contributed by atoms with Gasteiger partial charge in [0.2, 0.25) is 5.91 Å². The molecule has 2 rings (SSSR count). The predicted octanol–water partition coefficient (Wildman–Crippen LogP) is 2.83. The highest BCUT2D eigenvalue weighted by atomic mass is 35.5. The normalized spacial score (nSPS) is 10.3. The lowest BCUT2D eigenvalue weighted by molar-refractivity contribution is -0.128. The fraction of sp³-hybridized carbons (Fsp3) is 0.316. The van der Waals surface area contributed by atoms with E-state index in [2.05, 4.69) is 15.6 Å². The van der Waals surface area contributed by atoms with Crippen LogP contribution < -0.4 is 10.6 Å². The van der Waals surface area contributed by atoms with Crippen molar-refractivity contribution in [3.8, 4) is 0 Å². The predicted molar refractivity (Wildman–Crippen MR) is 109 cm³/mol. The molecule has 1 heterocycles. The topological polar surface area (TPSA) is 74.3 Å². The summed E-state index contributed by atoms with van der Waals surface area (Å²) in [6, 6.07) is 12.9. The zero-order valence-corrected chi connectivity index (χ0v) is 16.7. The summed E-state index contributed by atoms with van der Waals surface area (Å²) in [7, 11) is 1.72. The second-order valence-corrected chi connectivity index (χ2v) is 7.40. The average molecular weight is 407 g/mol. The molecule has 0 fully saturated rings. The van der Waals surface area contributed by atoms with Gasteiger partial charge in [0.1, 0.15) is 0 Å². The molecule has 8 heteroatoms. The van der Waals surface area contributed by atoms with Crippen LogP contribution in [0, 0.1) is 0 Å². The SMILES string of the molecule is CN(CCc1ccccn1)C(=O)CNC(=O)NCCSc1ccc(Cl)cc1. The van der Waals surface area contributed by atoms with E-state index >= 15 is 0 Å². The molecule has 27 heavy (non-hydrogen) atoms. The van der Waals surface area contributed by atoms with E-state index in [-0.39, 0.29) is 18.5 Å². The molecule has 3 amide bonds. The Bertz CT molecular complexity index is 728. The van der Waals surface area contributed by atoms with Gasteiger partial charge in [-0.2, -0.15) is 0 Å². The molecule has 0 aliphatic carbocycles. The summed E-state index contributed by atoms with van der Waals surface area (Å²) in [6.45, 7) is 1.02. The fourth-order valence-electron chi connectivity index (χ4n) is 2.17. The van der Waals surface area contributed by atoms with Crippen molar-refractivity contribution in [1.29, 1.82) is 0 Å². The van der Waals surface area contributed by atoms with Crippen LogP contribution in [0.5, 0.6) is 0 Å². The molecule has 6 nitrogen and oxygen atoms in total. The maximum Gasteiger partial charge on any atom is 0.315 e. The van der Waals surface area contributed by atoms with Gasteiger partial charge in [-0.05, 0) is 36.4 Å². The number of aromatic nitrogens is 1. The lowest BCUT2D eigenvalue weighted by atomic mass is 10.2. The van der Waals surface area contributed by atoms with Gasteiger partial charge >= 0.3 is 6.03 Å². The van der Waals surface area contributed by atoms with Crippen LogP contribution in [0.2, 0.25) is 5.02 Å². The standard InChI is InChI=1S/C19H23ClN4O2S/c1-24(12-9-16-4-2-3-10-21-16)18(25)14-23-19(26)22-11-13-27-17-7-5-15(20)6-8-17/h2-8,10H,9,11-14H2,1H3,(H2,22,23,26). The van der Waals surface area contributed by atoms with Gasteiger partial charge in [0, 0.05) is 54.1 Å². The van der Waals surface area contributed by atoms with Crippen molar-refractivity contribution in [3.05, 3.63) is 59.4 Å². The van der Waals surface area contributed by atoms with E-state index in [0.717, 1.165) is 16.3 Å². The van der Waals surface area contributed by atoms with Gasteiger partial charge < -0.3 is 15.5 Å². The minimum absolute atomic E-state index is 0.0329. The second kappa shape index (κ2) is 11.5. The Morgan fingerprint density at radius 2 is 1.93 bits per heavy atom. The van der Waals surface area contributed by atoms with Crippen LogP contribution in [0.1, 0.15) is 5.69 Å². The number of hydrogen-bond acceptors (Lipinski definition) is 4. The lowest BCUT2D eigenvalue weighted by Crippen LogP contribution is -2.43. The van der Waals surface area contributed by atoms with Gasteiger partial charge in [-0.3, -0.25) is 9.78 Å². The van der Waals surface area contributed by atoms with E-state index in [4.69, 9.17) is 11.6 Å². The van der Waals surface area contributed by atoms with Crippen molar-refractivity contribution in [2.45, 2.75) is 11.3 Å². The molecule has 2 aromatic rings. The van der Waals surface area contributed by atoms with Gasteiger partial charge in [-0.15, -0.1) is 11.8 Å². The third kappa shape index (κ3) is 8.32. The van der Waals surface area contributed by atoms with Crippen LogP contribution >= 0.6 is 23.4 Å². The van der Waals surface area contributed by atoms with Crippen molar-refractivity contribution in [2.24, 2.45) is 0 Å².